The summed E-state index contributed by atoms with van der Waals surface area (Å²) < 4.78 is 33.9. The van der Waals surface area contributed by atoms with Gasteiger partial charge >= 0.3 is 0 Å². The molecule has 2 heterocycles. The van der Waals surface area contributed by atoms with Gasteiger partial charge in [0.25, 0.3) is 11.7 Å². The van der Waals surface area contributed by atoms with Crippen molar-refractivity contribution in [3.05, 3.63) is 94.5 Å². The molecule has 0 bridgehead atoms. The first-order chi connectivity index (χ1) is 15.5. The standard InChI is InChI=1S/C25H19F2NO4/c26-17-9-10-18(27)19(13-17)28-22(20-6-3-11-32-20)21(24(30)25(28)31)23(29)16-8-7-14-4-1-2-5-15(14)12-16/h3,6-13,22,29H,1-2,4-5H2/b23-21-. The van der Waals surface area contributed by atoms with Gasteiger partial charge in [-0.05, 0) is 67.1 Å². The molecular weight excluding hydrogens is 416 g/mol. The monoisotopic (exact) mass is 435 g/mol. The highest BCUT2D eigenvalue weighted by molar-refractivity contribution is 6.51. The molecule has 5 rings (SSSR count). The Morgan fingerprint density at radius 1 is 1.00 bits per heavy atom. The predicted octanol–water partition coefficient (Wildman–Crippen LogP) is 5.06. The largest absolute Gasteiger partial charge is 0.507 e. The highest BCUT2D eigenvalue weighted by Gasteiger charge is 2.49. The molecule has 0 spiro atoms. The van der Waals surface area contributed by atoms with Crippen LogP contribution in [0.2, 0.25) is 0 Å². The van der Waals surface area contributed by atoms with Crippen molar-refractivity contribution in [3.8, 4) is 0 Å². The van der Waals surface area contributed by atoms with Gasteiger partial charge < -0.3 is 9.52 Å². The molecule has 1 amide bonds. The van der Waals surface area contributed by atoms with Crippen LogP contribution in [0.5, 0.6) is 0 Å². The van der Waals surface area contributed by atoms with Crippen LogP contribution in [0.1, 0.15) is 41.3 Å². The minimum Gasteiger partial charge on any atom is -0.507 e. The molecule has 1 saturated heterocycles. The van der Waals surface area contributed by atoms with E-state index in [1.807, 2.05) is 12.1 Å². The second-order valence-electron chi connectivity index (χ2n) is 7.97. The van der Waals surface area contributed by atoms with Crippen molar-refractivity contribution >= 4 is 23.1 Å². The predicted molar refractivity (Wildman–Crippen MR) is 113 cm³/mol. The van der Waals surface area contributed by atoms with Crippen molar-refractivity contribution in [3.63, 3.8) is 0 Å². The number of benzene rings is 2. The number of ketones is 1. The zero-order valence-corrected chi connectivity index (χ0v) is 17.0. The van der Waals surface area contributed by atoms with Gasteiger partial charge in [-0.25, -0.2) is 8.78 Å². The lowest BCUT2D eigenvalue weighted by Crippen LogP contribution is -2.30. The molecule has 1 aliphatic heterocycles. The molecule has 2 aromatic carbocycles. The number of rotatable bonds is 3. The van der Waals surface area contributed by atoms with Gasteiger partial charge in [-0.2, -0.15) is 0 Å². The molecule has 5 nitrogen and oxygen atoms in total. The third kappa shape index (κ3) is 3.21. The topological polar surface area (TPSA) is 70.8 Å². The average Bonchev–Trinajstić information content (AvgIpc) is 3.42. The number of amides is 1. The van der Waals surface area contributed by atoms with E-state index in [0.29, 0.717) is 5.56 Å². The van der Waals surface area contributed by atoms with Crippen molar-refractivity contribution < 1.29 is 27.9 Å². The maximum absolute atomic E-state index is 14.6. The number of fused-ring (bicyclic) bond motifs is 1. The number of hydrogen-bond donors (Lipinski definition) is 1. The number of halogens is 2. The van der Waals surface area contributed by atoms with E-state index in [4.69, 9.17) is 4.42 Å². The lowest BCUT2D eigenvalue weighted by molar-refractivity contribution is -0.132. The summed E-state index contributed by atoms with van der Waals surface area (Å²) in [6.45, 7) is 0. The van der Waals surface area contributed by atoms with Crippen LogP contribution in [-0.4, -0.2) is 16.8 Å². The number of hydrogen-bond acceptors (Lipinski definition) is 4. The van der Waals surface area contributed by atoms with Crippen molar-refractivity contribution in [2.24, 2.45) is 0 Å². The number of Topliss-reactive ketones (excluding diaryl/α,β-unsaturated/α-hetero) is 1. The van der Waals surface area contributed by atoms with Gasteiger partial charge in [0.2, 0.25) is 0 Å². The van der Waals surface area contributed by atoms with Crippen molar-refractivity contribution in [2.75, 3.05) is 4.90 Å². The smallest absolute Gasteiger partial charge is 0.300 e. The number of anilines is 1. The van der Waals surface area contributed by atoms with E-state index >= 15 is 0 Å². The summed E-state index contributed by atoms with van der Waals surface area (Å²) in [6.07, 6.45) is 5.29. The summed E-state index contributed by atoms with van der Waals surface area (Å²) in [6, 6.07) is 9.91. The Bertz CT molecular complexity index is 1260. The van der Waals surface area contributed by atoms with Crippen molar-refractivity contribution in [1.82, 2.24) is 0 Å². The molecule has 32 heavy (non-hydrogen) atoms. The van der Waals surface area contributed by atoms with Gasteiger partial charge in [0.15, 0.2) is 0 Å². The minimum absolute atomic E-state index is 0.146. The zero-order chi connectivity index (χ0) is 22.4. The van der Waals surface area contributed by atoms with Crippen molar-refractivity contribution in [1.29, 1.82) is 0 Å². The molecule has 0 saturated carbocycles. The van der Waals surface area contributed by atoms with Crippen LogP contribution in [0.4, 0.5) is 14.5 Å². The molecular formula is C25H19F2NO4. The number of aryl methyl sites for hydroxylation is 2. The number of carbonyl (C=O) groups is 2. The summed E-state index contributed by atoms with van der Waals surface area (Å²) in [7, 11) is 0. The summed E-state index contributed by atoms with van der Waals surface area (Å²) in [5, 5.41) is 11.1. The maximum atomic E-state index is 14.6. The molecule has 3 aromatic rings. The number of carbonyl (C=O) groups excluding carboxylic acids is 2. The Labute approximate surface area is 182 Å². The molecule has 0 radical (unpaired) electrons. The van der Waals surface area contributed by atoms with Gasteiger partial charge in [-0.15, -0.1) is 0 Å². The molecule has 1 fully saturated rings. The normalized spacial score (nSPS) is 19.9. The first kappa shape index (κ1) is 20.2. The van der Waals surface area contributed by atoms with E-state index in [-0.39, 0.29) is 17.1 Å². The number of nitrogens with zero attached hydrogens (tertiary/aromatic N) is 1. The molecule has 1 N–H and O–H groups in total. The van der Waals surface area contributed by atoms with Crippen LogP contribution in [0.3, 0.4) is 0 Å². The zero-order valence-electron chi connectivity index (χ0n) is 17.0. The summed E-state index contributed by atoms with van der Waals surface area (Å²) in [5.41, 5.74) is 2.03. The van der Waals surface area contributed by atoms with Gasteiger partial charge in [-0.3, -0.25) is 14.5 Å². The van der Waals surface area contributed by atoms with E-state index in [0.717, 1.165) is 54.3 Å². The minimum atomic E-state index is -1.24. The molecule has 7 heteroatoms. The number of furan rings is 1. The molecule has 162 valence electrons. The fraction of sp³-hybridized carbons (Fsp3) is 0.200. The number of aliphatic hydroxyl groups excluding tert-OH is 1. The van der Waals surface area contributed by atoms with Gasteiger partial charge in [-0.1, -0.05) is 12.1 Å². The van der Waals surface area contributed by atoms with Crippen LogP contribution in [0.15, 0.2) is 64.8 Å². The van der Waals surface area contributed by atoms with E-state index in [2.05, 4.69) is 0 Å². The Morgan fingerprint density at radius 2 is 1.78 bits per heavy atom. The van der Waals surface area contributed by atoms with Gasteiger partial charge in [0.1, 0.15) is 29.2 Å². The highest BCUT2D eigenvalue weighted by atomic mass is 19.1. The second kappa shape index (κ2) is 7.75. The first-order valence-corrected chi connectivity index (χ1v) is 10.4. The molecule has 1 atom stereocenters. The SMILES string of the molecule is O=C1C(=O)N(c2cc(F)ccc2F)C(c2ccco2)/C1=C(/O)c1ccc2c(c1)CCCC2. The van der Waals surface area contributed by atoms with Crippen LogP contribution in [0, 0.1) is 11.6 Å². The van der Waals surface area contributed by atoms with Gasteiger partial charge in [0, 0.05) is 11.6 Å². The fourth-order valence-corrected chi connectivity index (χ4v) is 4.50. The van der Waals surface area contributed by atoms with Crippen LogP contribution >= 0.6 is 0 Å². The Hall–Kier alpha value is -3.74. The molecule has 1 aromatic heterocycles. The lowest BCUT2D eigenvalue weighted by atomic mass is 9.89. The van der Waals surface area contributed by atoms with E-state index < -0.39 is 35.1 Å². The molecule has 2 aliphatic rings. The third-order valence-electron chi connectivity index (χ3n) is 6.05. The summed E-state index contributed by atoms with van der Waals surface area (Å²) in [5.74, 6) is -3.94. The van der Waals surface area contributed by atoms with Crippen LogP contribution in [-0.2, 0) is 22.4 Å². The molecule has 1 aliphatic carbocycles. The van der Waals surface area contributed by atoms with Crippen LogP contribution < -0.4 is 4.90 Å². The van der Waals surface area contributed by atoms with E-state index in [9.17, 15) is 23.5 Å². The highest BCUT2D eigenvalue weighted by Crippen LogP contribution is 2.43. The number of aliphatic hydroxyl groups is 1. The Morgan fingerprint density at radius 3 is 2.53 bits per heavy atom. The third-order valence-corrected chi connectivity index (χ3v) is 6.05. The Balaban J connectivity index is 1.70. The second-order valence-corrected chi connectivity index (χ2v) is 7.97. The quantitative estimate of drug-likeness (QED) is 0.355. The van der Waals surface area contributed by atoms with Crippen molar-refractivity contribution in [2.45, 2.75) is 31.7 Å². The fourth-order valence-electron chi connectivity index (χ4n) is 4.50. The lowest BCUT2D eigenvalue weighted by Gasteiger charge is -2.24. The Kier molecular flexibility index (Phi) is 4.89. The summed E-state index contributed by atoms with van der Waals surface area (Å²) >= 11 is 0. The average molecular weight is 435 g/mol. The van der Waals surface area contributed by atoms with E-state index in [1.54, 1.807) is 12.1 Å². The molecule has 1 unspecified atom stereocenters. The first-order valence-electron chi connectivity index (χ1n) is 10.4. The van der Waals surface area contributed by atoms with E-state index in [1.165, 1.54) is 17.9 Å². The van der Waals surface area contributed by atoms with Crippen LogP contribution in [0.25, 0.3) is 5.76 Å². The van der Waals surface area contributed by atoms with Gasteiger partial charge in [0.05, 0.1) is 17.5 Å². The maximum Gasteiger partial charge on any atom is 0.300 e. The summed E-state index contributed by atoms with van der Waals surface area (Å²) in [4.78, 5) is 26.8.